The molecule has 1 amide bonds. The fraction of sp³-hybridized carbons (Fsp3) is 0.395. The number of benzene rings is 3. The zero-order chi connectivity index (χ0) is 33.9. The summed E-state index contributed by atoms with van der Waals surface area (Å²) < 4.78 is 17.8. The maximum atomic E-state index is 13.7. The van der Waals surface area contributed by atoms with Crippen LogP contribution in [-0.2, 0) is 11.3 Å². The average molecular weight is 653 g/mol. The van der Waals surface area contributed by atoms with Crippen molar-refractivity contribution in [2.45, 2.75) is 53.6 Å². The minimum Gasteiger partial charge on any atom is -0.493 e. The number of unbranched alkanes of at least 4 members (excludes halogenated alkanes) is 1. The number of carbonyl (C=O) groups is 1. The molecule has 0 atom stereocenters. The van der Waals surface area contributed by atoms with Crippen LogP contribution < -0.4 is 25.0 Å². The Kier molecular flexibility index (Phi) is 12.2. The van der Waals surface area contributed by atoms with Crippen molar-refractivity contribution in [1.82, 2.24) is 14.9 Å². The normalized spacial score (nSPS) is 13.3. The van der Waals surface area contributed by atoms with Gasteiger partial charge in [-0.2, -0.15) is 4.98 Å². The summed E-state index contributed by atoms with van der Waals surface area (Å²) in [7, 11) is 1.58. The topological polar surface area (TPSA) is 101 Å². The summed E-state index contributed by atoms with van der Waals surface area (Å²) in [4.78, 5) is 27.8. The Morgan fingerprint density at radius 1 is 0.917 bits per heavy atom. The van der Waals surface area contributed by atoms with Gasteiger partial charge in [0.25, 0.3) is 5.91 Å². The van der Waals surface area contributed by atoms with Crippen molar-refractivity contribution < 1.29 is 19.0 Å². The van der Waals surface area contributed by atoms with E-state index in [2.05, 4.69) is 56.4 Å². The van der Waals surface area contributed by atoms with Crippen molar-refractivity contribution in [3.63, 3.8) is 0 Å². The molecule has 0 unspecified atom stereocenters. The van der Waals surface area contributed by atoms with E-state index in [1.54, 1.807) is 13.2 Å². The number of amides is 1. The third-order valence-corrected chi connectivity index (χ3v) is 8.46. The first-order chi connectivity index (χ1) is 23.4. The van der Waals surface area contributed by atoms with Gasteiger partial charge >= 0.3 is 0 Å². The lowest BCUT2D eigenvalue weighted by Crippen LogP contribution is -2.46. The quantitative estimate of drug-likeness (QED) is 0.125. The van der Waals surface area contributed by atoms with Crippen molar-refractivity contribution in [3.05, 3.63) is 89.1 Å². The number of methoxy groups -OCH3 is 1. The zero-order valence-electron chi connectivity index (χ0n) is 28.8. The maximum absolute atomic E-state index is 13.7. The number of hydrogen-bond acceptors (Lipinski definition) is 9. The number of anilines is 4. The third kappa shape index (κ3) is 9.02. The predicted octanol–water partition coefficient (Wildman–Crippen LogP) is 7.74. The Bertz CT molecular complexity index is 1630. The molecule has 3 aromatic carbocycles. The largest absolute Gasteiger partial charge is 0.493 e. The predicted molar refractivity (Wildman–Crippen MR) is 192 cm³/mol. The minimum absolute atomic E-state index is 0.100. The summed E-state index contributed by atoms with van der Waals surface area (Å²) >= 11 is 0. The van der Waals surface area contributed by atoms with Crippen LogP contribution in [0, 0.1) is 13.8 Å². The van der Waals surface area contributed by atoms with E-state index in [0.29, 0.717) is 30.7 Å². The van der Waals surface area contributed by atoms with E-state index >= 15 is 0 Å². The molecule has 254 valence electrons. The number of para-hydroxylation sites is 1. The van der Waals surface area contributed by atoms with Gasteiger partial charge in [0.2, 0.25) is 11.8 Å². The van der Waals surface area contributed by atoms with Gasteiger partial charge in [0.05, 0.1) is 13.7 Å². The van der Waals surface area contributed by atoms with E-state index in [4.69, 9.17) is 14.2 Å². The number of nitrogens with zero attached hydrogens (tertiary/aromatic N) is 4. The van der Waals surface area contributed by atoms with Crippen molar-refractivity contribution in [3.8, 4) is 17.4 Å². The molecular weight excluding hydrogens is 604 g/mol. The van der Waals surface area contributed by atoms with E-state index in [0.717, 1.165) is 73.6 Å². The van der Waals surface area contributed by atoms with Gasteiger partial charge in [-0.1, -0.05) is 44.5 Å². The van der Waals surface area contributed by atoms with Crippen molar-refractivity contribution in [2.75, 3.05) is 62.0 Å². The van der Waals surface area contributed by atoms with Gasteiger partial charge < -0.3 is 29.7 Å². The lowest BCUT2D eigenvalue weighted by molar-refractivity contribution is 0.102. The van der Waals surface area contributed by atoms with Crippen LogP contribution in [0.4, 0.5) is 23.0 Å². The van der Waals surface area contributed by atoms with E-state index in [1.807, 2.05) is 56.3 Å². The van der Waals surface area contributed by atoms with E-state index in [1.165, 1.54) is 18.3 Å². The molecule has 1 aromatic heterocycles. The highest BCUT2D eigenvalue weighted by atomic mass is 16.5. The minimum atomic E-state index is -0.378. The monoisotopic (exact) mass is 652 g/mol. The van der Waals surface area contributed by atoms with Crippen molar-refractivity contribution >= 4 is 28.9 Å². The van der Waals surface area contributed by atoms with Crippen molar-refractivity contribution in [2.24, 2.45) is 0 Å². The van der Waals surface area contributed by atoms with Crippen LogP contribution in [0.3, 0.4) is 0 Å². The Morgan fingerprint density at radius 2 is 1.67 bits per heavy atom. The molecule has 1 saturated heterocycles. The molecule has 1 fully saturated rings. The van der Waals surface area contributed by atoms with Gasteiger partial charge in [0, 0.05) is 56.0 Å². The number of carbonyl (C=O) groups excluding carboxylic acids is 1. The first-order valence-electron chi connectivity index (χ1n) is 16.9. The number of piperazine rings is 1. The third-order valence-electron chi connectivity index (χ3n) is 8.46. The molecule has 0 spiro atoms. The van der Waals surface area contributed by atoms with Crippen LogP contribution in [0.5, 0.6) is 17.4 Å². The number of aromatic nitrogens is 2. The number of aryl methyl sites for hydroxylation is 2. The fourth-order valence-electron chi connectivity index (χ4n) is 5.71. The zero-order valence-corrected chi connectivity index (χ0v) is 28.8. The molecule has 48 heavy (non-hydrogen) atoms. The summed E-state index contributed by atoms with van der Waals surface area (Å²) in [6.07, 6.45) is 4.75. The first-order valence-corrected chi connectivity index (χ1v) is 16.9. The van der Waals surface area contributed by atoms with Gasteiger partial charge in [0.1, 0.15) is 5.56 Å². The summed E-state index contributed by atoms with van der Waals surface area (Å²) in [6, 6.07) is 19.7. The average Bonchev–Trinajstić information content (AvgIpc) is 3.10. The Balaban J connectivity index is 1.37. The van der Waals surface area contributed by atoms with Gasteiger partial charge in [-0.25, -0.2) is 4.98 Å². The Labute approximate surface area is 284 Å². The van der Waals surface area contributed by atoms with Crippen LogP contribution in [0.15, 0.2) is 66.9 Å². The standard InChI is InChI=1S/C38H48N6O4/c1-6-8-23-47-26-29-12-17-33(34(24-29)46-5)48-37-32(36(45)41-35-27(3)10-9-11-28(35)4)25-39-38(42-37)40-30-13-15-31(16-14-30)44-21-19-43(18-7-2)20-22-44/h9-17,24-25H,6-8,18-23,26H2,1-5H3,(H,41,45)(H,39,40,42). The van der Waals surface area contributed by atoms with Gasteiger partial charge in [-0.3, -0.25) is 9.69 Å². The second-order valence-electron chi connectivity index (χ2n) is 12.1. The molecule has 1 aliphatic rings. The number of rotatable bonds is 15. The van der Waals surface area contributed by atoms with Crippen LogP contribution in [0.2, 0.25) is 0 Å². The second-order valence-corrected chi connectivity index (χ2v) is 12.1. The highest BCUT2D eigenvalue weighted by Crippen LogP contribution is 2.34. The molecule has 5 rings (SSSR count). The van der Waals surface area contributed by atoms with Crippen LogP contribution >= 0.6 is 0 Å². The van der Waals surface area contributed by atoms with E-state index in [-0.39, 0.29) is 17.4 Å². The Hall–Kier alpha value is -4.67. The highest BCUT2D eigenvalue weighted by Gasteiger charge is 2.21. The molecule has 1 aliphatic heterocycles. The van der Waals surface area contributed by atoms with Gasteiger partial charge in [0.15, 0.2) is 11.5 Å². The summed E-state index contributed by atoms with van der Waals surface area (Å²) in [5.41, 5.74) is 5.81. The number of hydrogen-bond donors (Lipinski definition) is 2. The van der Waals surface area contributed by atoms with Gasteiger partial charge in [-0.15, -0.1) is 0 Å². The number of ether oxygens (including phenoxy) is 3. The molecule has 10 heteroatoms. The Morgan fingerprint density at radius 3 is 2.35 bits per heavy atom. The smallest absolute Gasteiger partial charge is 0.262 e. The molecule has 2 heterocycles. The molecule has 0 radical (unpaired) electrons. The molecular formula is C38H48N6O4. The van der Waals surface area contributed by atoms with Crippen LogP contribution in [0.25, 0.3) is 0 Å². The molecule has 0 saturated carbocycles. The number of nitrogens with one attached hydrogen (secondary N) is 2. The first kappa shape index (κ1) is 34.7. The van der Waals surface area contributed by atoms with Crippen LogP contribution in [-0.4, -0.2) is 67.2 Å². The van der Waals surface area contributed by atoms with Crippen LogP contribution in [0.1, 0.15) is 60.2 Å². The van der Waals surface area contributed by atoms with E-state index in [9.17, 15) is 4.79 Å². The molecule has 10 nitrogen and oxygen atoms in total. The lowest BCUT2D eigenvalue weighted by Gasteiger charge is -2.36. The van der Waals surface area contributed by atoms with Crippen molar-refractivity contribution in [1.29, 1.82) is 0 Å². The molecule has 4 aromatic rings. The molecule has 2 N–H and O–H groups in total. The lowest BCUT2D eigenvalue weighted by atomic mass is 10.1. The molecule has 0 aliphatic carbocycles. The van der Waals surface area contributed by atoms with Gasteiger partial charge in [-0.05, 0) is 86.3 Å². The second kappa shape index (κ2) is 16.9. The SMILES string of the molecule is CCCCOCc1ccc(Oc2nc(Nc3ccc(N4CCN(CCC)CC4)cc3)ncc2C(=O)Nc2c(C)cccc2C)c(OC)c1. The highest BCUT2D eigenvalue weighted by molar-refractivity contribution is 6.06. The summed E-state index contributed by atoms with van der Waals surface area (Å²) in [5, 5.41) is 6.31. The maximum Gasteiger partial charge on any atom is 0.262 e. The molecule has 0 bridgehead atoms. The summed E-state index contributed by atoms with van der Waals surface area (Å²) in [6.45, 7) is 14.8. The van der Waals surface area contributed by atoms with E-state index < -0.39 is 0 Å². The fourth-order valence-corrected chi connectivity index (χ4v) is 5.71. The summed E-state index contributed by atoms with van der Waals surface area (Å²) in [5.74, 6) is 0.950.